The third kappa shape index (κ3) is 11.9. The smallest absolute Gasteiger partial charge is 0.276 e. The van der Waals surface area contributed by atoms with E-state index in [1.165, 1.54) is 18.2 Å². The molecule has 0 spiro atoms. The third-order valence-electron chi connectivity index (χ3n) is 12.8. The Bertz CT molecular complexity index is 2620. The van der Waals surface area contributed by atoms with Gasteiger partial charge in [-0.15, -0.1) is 10.2 Å². The van der Waals surface area contributed by atoms with Crippen LogP contribution in [0.2, 0.25) is 10.0 Å². The number of nitrogens with one attached hydrogen (secondary N) is 2. The van der Waals surface area contributed by atoms with Gasteiger partial charge in [0.15, 0.2) is 17.3 Å². The summed E-state index contributed by atoms with van der Waals surface area (Å²) in [5.74, 6) is -3.24. The van der Waals surface area contributed by atoms with Crippen molar-refractivity contribution >= 4 is 76.1 Å². The molecule has 69 heavy (non-hydrogen) atoms. The lowest BCUT2D eigenvalue weighted by atomic mass is 9.97. The molecule has 3 aliphatic heterocycles. The number of unbranched alkanes of at least 4 members (excludes halogenated alkanes) is 7. The molecule has 0 bridgehead atoms. The molecule has 7 amide bonds. The average Bonchev–Trinajstić information content (AvgIpc) is 3.58. The van der Waals surface area contributed by atoms with E-state index < -0.39 is 41.4 Å². The Balaban J connectivity index is 0.780. The second-order valence-electron chi connectivity index (χ2n) is 17.8. The van der Waals surface area contributed by atoms with E-state index in [1.54, 1.807) is 41.3 Å². The number of rotatable bonds is 19. The van der Waals surface area contributed by atoms with Crippen LogP contribution < -0.4 is 21.1 Å². The highest BCUT2D eigenvalue weighted by Crippen LogP contribution is 2.32. The Morgan fingerprint density at radius 2 is 1.54 bits per heavy atom. The van der Waals surface area contributed by atoms with E-state index in [0.717, 1.165) is 61.8 Å². The van der Waals surface area contributed by atoms with E-state index in [1.807, 2.05) is 24.8 Å². The van der Waals surface area contributed by atoms with Crippen molar-refractivity contribution in [2.75, 3.05) is 30.7 Å². The molecule has 3 atom stereocenters. The predicted molar refractivity (Wildman–Crippen MR) is 257 cm³/mol. The molecule has 4 N–H and O–H groups in total. The minimum atomic E-state index is -0.984. The van der Waals surface area contributed by atoms with Gasteiger partial charge >= 0.3 is 0 Å². The van der Waals surface area contributed by atoms with E-state index >= 15 is 0 Å². The summed E-state index contributed by atoms with van der Waals surface area (Å²) >= 11 is 12.2. The number of benzene rings is 3. The zero-order valence-electron chi connectivity index (χ0n) is 38.5. The highest BCUT2D eigenvalue weighted by atomic mass is 35.5. The minimum absolute atomic E-state index is 0.0157. The van der Waals surface area contributed by atoms with Gasteiger partial charge in [0.25, 0.3) is 23.6 Å². The molecule has 0 aliphatic carbocycles. The van der Waals surface area contributed by atoms with Crippen LogP contribution in [-0.2, 0) is 27.2 Å². The van der Waals surface area contributed by atoms with Crippen LogP contribution in [0.15, 0.2) is 60.7 Å². The molecular formula is C50H55Cl2FN8O8. The minimum Gasteiger partial charge on any atom is -0.489 e. The first kappa shape index (κ1) is 50.4. The molecule has 3 aromatic carbocycles. The number of piperazine rings is 1. The zero-order chi connectivity index (χ0) is 49.4. The number of hydrogen-bond donors (Lipinski definition) is 3. The lowest BCUT2D eigenvalue weighted by Crippen LogP contribution is -2.59. The number of ether oxygens (including phenoxy) is 1. The molecular weight excluding hydrogens is 931 g/mol. The van der Waals surface area contributed by atoms with E-state index in [0.29, 0.717) is 53.9 Å². The van der Waals surface area contributed by atoms with Crippen molar-refractivity contribution in [3.8, 4) is 5.75 Å². The first-order valence-corrected chi connectivity index (χ1v) is 24.1. The molecule has 0 unspecified atom stereocenters. The second-order valence-corrected chi connectivity index (χ2v) is 18.5. The van der Waals surface area contributed by atoms with Crippen LogP contribution in [0.4, 0.5) is 15.9 Å². The Morgan fingerprint density at radius 1 is 0.855 bits per heavy atom. The van der Waals surface area contributed by atoms with Crippen molar-refractivity contribution in [1.29, 1.82) is 0 Å². The molecule has 4 aromatic rings. The third-order valence-corrected chi connectivity index (χ3v) is 13.6. The van der Waals surface area contributed by atoms with Crippen LogP contribution >= 0.6 is 23.2 Å². The van der Waals surface area contributed by atoms with Crippen molar-refractivity contribution in [2.45, 2.75) is 115 Å². The summed E-state index contributed by atoms with van der Waals surface area (Å²) in [6.45, 7) is 4.70. The highest BCUT2D eigenvalue weighted by Gasteiger charge is 2.45. The van der Waals surface area contributed by atoms with E-state index in [9.17, 15) is 38.0 Å². The Hall–Kier alpha value is -6.46. The van der Waals surface area contributed by atoms with Gasteiger partial charge in [0.05, 0.1) is 22.8 Å². The van der Waals surface area contributed by atoms with Gasteiger partial charge in [0.1, 0.15) is 11.9 Å². The van der Waals surface area contributed by atoms with Gasteiger partial charge in [-0.3, -0.25) is 43.8 Å². The van der Waals surface area contributed by atoms with Gasteiger partial charge in [-0.25, -0.2) is 4.39 Å². The molecule has 2 fully saturated rings. The average molecular weight is 986 g/mol. The van der Waals surface area contributed by atoms with Crippen molar-refractivity contribution in [3.05, 3.63) is 110 Å². The number of piperidine rings is 1. The fourth-order valence-corrected chi connectivity index (χ4v) is 9.86. The molecule has 7 rings (SSSR count). The second kappa shape index (κ2) is 22.8. The van der Waals surface area contributed by atoms with Crippen LogP contribution in [0.5, 0.6) is 5.75 Å². The molecule has 1 aromatic heterocycles. The maximum Gasteiger partial charge on any atom is 0.276 e. The normalized spacial score (nSPS) is 18.0. The number of fused-ring (bicyclic) bond motifs is 1. The first-order chi connectivity index (χ1) is 33.1. The maximum atomic E-state index is 13.9. The molecule has 0 radical (unpaired) electrons. The van der Waals surface area contributed by atoms with Gasteiger partial charge < -0.3 is 25.6 Å². The monoisotopic (exact) mass is 984 g/mol. The fraction of sp³-hybridized carbons (Fsp3) is 0.420. The van der Waals surface area contributed by atoms with Crippen molar-refractivity contribution in [3.63, 3.8) is 0 Å². The fourth-order valence-electron chi connectivity index (χ4n) is 9.30. The zero-order valence-corrected chi connectivity index (χ0v) is 40.0. The number of imide groups is 2. The number of aromatic nitrogens is 2. The van der Waals surface area contributed by atoms with E-state index in [2.05, 4.69) is 20.8 Å². The Morgan fingerprint density at radius 3 is 2.23 bits per heavy atom. The number of aryl methyl sites for hydroxylation is 1. The van der Waals surface area contributed by atoms with Crippen LogP contribution in [-0.4, -0.2) is 104 Å². The lowest BCUT2D eigenvalue weighted by molar-refractivity contribution is -0.139. The highest BCUT2D eigenvalue weighted by molar-refractivity contribution is 6.36. The summed E-state index contributed by atoms with van der Waals surface area (Å²) in [5.41, 5.74) is 8.53. The molecule has 0 saturated carbocycles. The quantitative estimate of drug-likeness (QED) is 0.0473. The Labute approximate surface area is 409 Å². The van der Waals surface area contributed by atoms with Crippen molar-refractivity contribution < 1.29 is 42.7 Å². The van der Waals surface area contributed by atoms with Crippen molar-refractivity contribution in [1.82, 2.24) is 30.2 Å². The van der Waals surface area contributed by atoms with Gasteiger partial charge in [-0.2, -0.15) is 0 Å². The topological polar surface area (TPSA) is 214 Å². The van der Waals surface area contributed by atoms with Crippen LogP contribution in [0.3, 0.4) is 0 Å². The van der Waals surface area contributed by atoms with Gasteiger partial charge in [-0.1, -0.05) is 73.9 Å². The lowest BCUT2D eigenvalue weighted by Gasteiger charge is -2.44. The number of halogens is 3. The largest absolute Gasteiger partial charge is 0.489 e. The van der Waals surface area contributed by atoms with E-state index in [-0.39, 0.29) is 77.1 Å². The van der Waals surface area contributed by atoms with Gasteiger partial charge in [0.2, 0.25) is 17.7 Å². The number of nitrogens with two attached hydrogens (primary N) is 1. The number of hydrogen-bond acceptors (Lipinski definition) is 11. The Kier molecular flexibility index (Phi) is 16.6. The van der Waals surface area contributed by atoms with Crippen LogP contribution in [0, 0.1) is 5.82 Å². The molecule has 16 nitrogen and oxygen atoms in total. The standard InChI is InChI=1S/C50H55Cl2FN8O8/c1-29-27-59(48(66)32-16-18-33(19-17-32)55-46(64)38-26-40(45(54)58-57-38)69-25-24-34-36(51)20-21-37(53)44(34)52)28-30(2)60(29)42(63)15-10-8-6-4-3-5-7-9-12-31-13-11-14-35-43(31)50(68)61(49(35)67)39-22-23-41(62)56-47(39)65/h11,13-14,16-21,26,29-30,39H,3-10,12,15,22-25,27-28H2,1-2H3,(H2,54,58)(H,55,64)(H,56,62,65)/t29-,30+,39-/m1/s1. The summed E-state index contributed by atoms with van der Waals surface area (Å²) in [6, 6.07) is 14.3. The molecule has 364 valence electrons. The number of amides is 7. The summed E-state index contributed by atoms with van der Waals surface area (Å²) in [7, 11) is 0. The first-order valence-electron chi connectivity index (χ1n) is 23.4. The summed E-state index contributed by atoms with van der Waals surface area (Å²) in [5, 5.41) is 12.9. The maximum absolute atomic E-state index is 13.9. The number of nitrogens with zero attached hydrogens (tertiary/aromatic N) is 5. The van der Waals surface area contributed by atoms with Crippen LogP contribution in [0.25, 0.3) is 0 Å². The molecule has 2 saturated heterocycles. The molecule has 4 heterocycles. The summed E-state index contributed by atoms with van der Waals surface area (Å²) in [4.78, 5) is 95.3. The number of nitrogen functional groups attached to an aromatic ring is 1. The SMILES string of the molecule is C[C@@H]1CN(C(=O)c2ccc(NC(=O)c3cc(OCCc4c(Cl)ccc(F)c4Cl)c(N)nn3)cc2)C[C@H](C)N1C(=O)CCCCCCCCCCc1cccc2c1C(=O)N([C@@H]1CCC(=O)NC1=O)C2=O. The van der Waals surface area contributed by atoms with Crippen molar-refractivity contribution in [2.24, 2.45) is 0 Å². The molecule has 19 heteroatoms. The van der Waals surface area contributed by atoms with Gasteiger partial charge in [0, 0.05) is 66.8 Å². The summed E-state index contributed by atoms with van der Waals surface area (Å²) in [6.07, 6.45) is 9.12. The number of anilines is 2. The number of carbonyl (C=O) groups excluding carboxylic acids is 7. The summed E-state index contributed by atoms with van der Waals surface area (Å²) < 4.78 is 19.6. The van der Waals surface area contributed by atoms with Gasteiger partial charge in [-0.05, 0) is 93.1 Å². The molecule has 3 aliphatic rings. The van der Waals surface area contributed by atoms with E-state index in [4.69, 9.17) is 33.7 Å². The van der Waals surface area contributed by atoms with Crippen LogP contribution in [0.1, 0.15) is 137 Å². The number of carbonyl (C=O) groups is 7. The predicted octanol–water partition coefficient (Wildman–Crippen LogP) is 7.59.